The van der Waals surface area contributed by atoms with Crippen LogP contribution in [-0.4, -0.2) is 0 Å². The zero-order valence-corrected chi connectivity index (χ0v) is 39.7. The maximum Gasteiger partial charge on any atom is 0.0561 e. The van der Waals surface area contributed by atoms with Gasteiger partial charge in [-0.3, -0.25) is 0 Å². The summed E-state index contributed by atoms with van der Waals surface area (Å²) >= 11 is 0. The first-order valence-electron chi connectivity index (χ1n) is 24.3. The van der Waals surface area contributed by atoms with Crippen molar-refractivity contribution in [3.63, 3.8) is 0 Å². The van der Waals surface area contributed by atoms with Gasteiger partial charge in [-0.1, -0.05) is 227 Å². The van der Waals surface area contributed by atoms with Crippen LogP contribution in [0.25, 0.3) is 76.8 Å². The molecule has 0 amide bonds. The lowest BCUT2D eigenvalue weighted by Gasteiger charge is -2.33. The minimum Gasteiger partial charge on any atom is -0.310 e. The van der Waals surface area contributed by atoms with E-state index in [2.05, 4.69) is 291 Å². The summed E-state index contributed by atoms with van der Waals surface area (Å²) in [5, 5.41) is 7.42. The third kappa shape index (κ3) is 7.94. The maximum absolute atomic E-state index is 2.47. The van der Waals surface area contributed by atoms with Crippen LogP contribution in [0.2, 0.25) is 0 Å². The van der Waals surface area contributed by atoms with E-state index in [0.29, 0.717) is 0 Å². The molecular weight excluding hydrogens is 845 g/mol. The normalized spacial score (nSPS) is 11.6. The molecule has 334 valence electrons. The van der Waals surface area contributed by atoms with Gasteiger partial charge in [0.15, 0.2) is 0 Å². The molecule has 0 aliphatic heterocycles. The molecule has 12 aromatic rings. The smallest absolute Gasteiger partial charge is 0.0561 e. The summed E-state index contributed by atoms with van der Waals surface area (Å²) in [6.45, 7) is 6.93. The lowest BCUT2D eigenvalue weighted by molar-refractivity contribution is 0.591. The van der Waals surface area contributed by atoms with Crippen LogP contribution in [0.1, 0.15) is 26.3 Å². The fourth-order valence-corrected chi connectivity index (χ4v) is 10.3. The number of anilines is 6. The molecule has 12 rings (SSSR count). The van der Waals surface area contributed by atoms with Gasteiger partial charge in [0.2, 0.25) is 0 Å². The molecule has 0 saturated heterocycles. The van der Waals surface area contributed by atoms with Crippen molar-refractivity contribution in [2.45, 2.75) is 26.2 Å². The van der Waals surface area contributed by atoms with Gasteiger partial charge in [0.05, 0.1) is 11.4 Å². The molecule has 0 aliphatic rings. The molecule has 0 N–H and O–H groups in total. The first-order chi connectivity index (χ1) is 34.3. The molecule has 0 spiro atoms. The molecule has 0 heterocycles. The molecular formula is C68H52N2. The third-order valence-electron chi connectivity index (χ3n) is 14.0. The van der Waals surface area contributed by atoms with Crippen molar-refractivity contribution in [3.05, 3.63) is 266 Å². The van der Waals surface area contributed by atoms with E-state index in [1.807, 2.05) is 0 Å². The molecule has 0 aliphatic carbocycles. The van der Waals surface area contributed by atoms with Crippen LogP contribution in [0.3, 0.4) is 0 Å². The fourth-order valence-electron chi connectivity index (χ4n) is 10.3. The molecule has 70 heavy (non-hydrogen) atoms. The third-order valence-corrected chi connectivity index (χ3v) is 14.0. The van der Waals surface area contributed by atoms with E-state index in [0.717, 1.165) is 34.1 Å². The molecule has 0 bridgehead atoms. The summed E-state index contributed by atoms with van der Waals surface area (Å²) in [7, 11) is 0. The monoisotopic (exact) mass is 896 g/mol. The second-order valence-electron chi connectivity index (χ2n) is 19.4. The average Bonchev–Trinajstić information content (AvgIpc) is 3.42. The highest BCUT2D eigenvalue weighted by Crippen LogP contribution is 2.51. The van der Waals surface area contributed by atoms with Crippen LogP contribution in [0.5, 0.6) is 0 Å². The molecule has 2 nitrogen and oxygen atoms in total. The SMILES string of the molecule is CC(C)(C)c1cc2ccc3c(N(c4ccc(-c5ccccc5)cc4)c4ccc(-c5ccccc5)cc4)cc(N(c4ccc(-c5ccccc5)cc4)c4ccc(-c5ccccc5)cc4)c4ccc(c1)c2c34. The van der Waals surface area contributed by atoms with E-state index in [1.54, 1.807) is 0 Å². The number of rotatable bonds is 10. The molecule has 0 aromatic heterocycles. The summed E-state index contributed by atoms with van der Waals surface area (Å²) in [4.78, 5) is 4.93. The van der Waals surface area contributed by atoms with Crippen LogP contribution < -0.4 is 9.80 Å². The highest BCUT2D eigenvalue weighted by molar-refractivity contribution is 6.29. The summed E-state index contributed by atoms with van der Waals surface area (Å²) < 4.78 is 0. The summed E-state index contributed by atoms with van der Waals surface area (Å²) in [6.07, 6.45) is 0. The predicted molar refractivity (Wildman–Crippen MR) is 300 cm³/mol. The van der Waals surface area contributed by atoms with E-state index in [1.165, 1.54) is 82.4 Å². The van der Waals surface area contributed by atoms with Crippen molar-refractivity contribution < 1.29 is 0 Å². The Morgan fingerprint density at radius 2 is 0.529 bits per heavy atom. The summed E-state index contributed by atoms with van der Waals surface area (Å²) in [5.41, 5.74) is 17.3. The largest absolute Gasteiger partial charge is 0.310 e. The Hall–Kier alpha value is -8.72. The van der Waals surface area contributed by atoms with E-state index in [4.69, 9.17) is 0 Å². The fraction of sp³-hybridized carbons (Fsp3) is 0.0588. The van der Waals surface area contributed by atoms with E-state index in [-0.39, 0.29) is 5.41 Å². The maximum atomic E-state index is 2.47. The van der Waals surface area contributed by atoms with E-state index in [9.17, 15) is 0 Å². The van der Waals surface area contributed by atoms with Crippen LogP contribution >= 0.6 is 0 Å². The lowest BCUT2D eigenvalue weighted by Crippen LogP contribution is -2.15. The second-order valence-corrected chi connectivity index (χ2v) is 19.4. The highest BCUT2D eigenvalue weighted by Gasteiger charge is 2.26. The second kappa shape index (κ2) is 17.7. The molecule has 0 atom stereocenters. The zero-order valence-electron chi connectivity index (χ0n) is 39.7. The Bertz CT molecular complexity index is 3320. The topological polar surface area (TPSA) is 6.48 Å². The first kappa shape index (κ1) is 42.6. The predicted octanol–water partition coefficient (Wildman–Crippen LogP) is 19.5. The number of nitrogens with zero attached hydrogens (tertiary/aromatic N) is 2. The van der Waals surface area contributed by atoms with Gasteiger partial charge in [-0.15, -0.1) is 0 Å². The Morgan fingerprint density at radius 1 is 0.257 bits per heavy atom. The standard InChI is InChI=1S/C68H52N2/c1-68(2,3)57-44-55-32-42-62-64(69(58-34-24-51(25-35-58)47-16-8-4-9-17-47)59-36-26-52(27-37-59)48-18-10-5-11-19-48)46-65(63-43-33-56(45-57)66(55)67(62)63)70(60-38-28-53(29-39-60)49-20-12-6-13-21-49)61-40-30-54(31-41-61)50-22-14-7-15-23-50/h4-46H,1-3H3. The quantitative estimate of drug-likeness (QED) is 0.126. The van der Waals surface area contributed by atoms with Crippen molar-refractivity contribution in [2.75, 3.05) is 9.80 Å². The average molecular weight is 897 g/mol. The molecule has 0 fully saturated rings. The molecule has 12 aromatic carbocycles. The van der Waals surface area contributed by atoms with Gasteiger partial charge in [0.1, 0.15) is 0 Å². The van der Waals surface area contributed by atoms with Gasteiger partial charge in [-0.2, -0.15) is 0 Å². The first-order valence-corrected chi connectivity index (χ1v) is 24.3. The van der Waals surface area contributed by atoms with Crippen molar-refractivity contribution in [1.29, 1.82) is 0 Å². The molecule has 2 heteroatoms. The van der Waals surface area contributed by atoms with Crippen molar-refractivity contribution in [2.24, 2.45) is 0 Å². The van der Waals surface area contributed by atoms with Gasteiger partial charge in [0, 0.05) is 38.9 Å². The van der Waals surface area contributed by atoms with Gasteiger partial charge in [-0.25, -0.2) is 0 Å². The Kier molecular flexibility index (Phi) is 10.8. The van der Waals surface area contributed by atoms with E-state index >= 15 is 0 Å². The number of hydrogen-bond donors (Lipinski definition) is 0. The van der Waals surface area contributed by atoms with Gasteiger partial charge < -0.3 is 9.80 Å². The van der Waals surface area contributed by atoms with E-state index < -0.39 is 0 Å². The Morgan fingerprint density at radius 3 is 0.800 bits per heavy atom. The summed E-state index contributed by atoms with van der Waals surface area (Å²) in [6, 6.07) is 95.6. The summed E-state index contributed by atoms with van der Waals surface area (Å²) in [5.74, 6) is 0. The molecule has 0 unspecified atom stereocenters. The van der Waals surface area contributed by atoms with Gasteiger partial charge >= 0.3 is 0 Å². The lowest BCUT2D eigenvalue weighted by atomic mass is 9.83. The Balaban J connectivity index is 1.14. The Labute approximate surface area is 411 Å². The van der Waals surface area contributed by atoms with Crippen LogP contribution in [0.4, 0.5) is 34.1 Å². The zero-order chi connectivity index (χ0) is 47.2. The number of hydrogen-bond acceptors (Lipinski definition) is 2. The van der Waals surface area contributed by atoms with Crippen LogP contribution in [0.15, 0.2) is 261 Å². The molecule has 0 radical (unpaired) electrons. The van der Waals surface area contributed by atoms with Crippen LogP contribution in [-0.2, 0) is 5.41 Å². The molecule has 0 saturated carbocycles. The minimum atomic E-state index is -0.00990. The van der Waals surface area contributed by atoms with Crippen molar-refractivity contribution in [3.8, 4) is 44.5 Å². The van der Waals surface area contributed by atoms with Crippen molar-refractivity contribution in [1.82, 2.24) is 0 Å². The highest BCUT2D eigenvalue weighted by atomic mass is 15.2. The number of benzene rings is 12. The van der Waals surface area contributed by atoms with Crippen LogP contribution in [0, 0.1) is 0 Å². The minimum absolute atomic E-state index is 0.00990. The van der Waals surface area contributed by atoms with Gasteiger partial charge in [0.25, 0.3) is 0 Å². The van der Waals surface area contributed by atoms with Crippen molar-refractivity contribution >= 4 is 66.4 Å². The van der Waals surface area contributed by atoms with Gasteiger partial charge in [-0.05, 0) is 126 Å².